The van der Waals surface area contributed by atoms with Gasteiger partial charge in [-0.2, -0.15) is 13.9 Å². The fourth-order valence-electron chi connectivity index (χ4n) is 3.84. The van der Waals surface area contributed by atoms with E-state index in [4.69, 9.17) is 0 Å². The van der Waals surface area contributed by atoms with Gasteiger partial charge in [0, 0.05) is 29.9 Å². The number of hydrogen-bond acceptors (Lipinski definition) is 5. The van der Waals surface area contributed by atoms with Crippen molar-refractivity contribution in [3.8, 4) is 17.0 Å². The van der Waals surface area contributed by atoms with Crippen molar-refractivity contribution in [3.05, 3.63) is 58.9 Å². The molecule has 0 radical (unpaired) electrons. The molecule has 4 rings (SSSR count). The van der Waals surface area contributed by atoms with E-state index in [9.17, 15) is 23.5 Å². The second kappa shape index (κ2) is 8.29. The number of carbonyl (C=O) groups is 1. The SMILES string of the molecule is C[C@@H]1CCC[C@H](n2ccc(O)cc2=O)c2cc(ccn2)-c2c(cnn2C(F)F)NC1=O. The third-order valence-corrected chi connectivity index (χ3v) is 5.46. The molecular formula is C21H21F2N5O3. The highest BCUT2D eigenvalue weighted by atomic mass is 19.3. The molecule has 1 aliphatic rings. The van der Waals surface area contributed by atoms with Gasteiger partial charge in [-0.1, -0.05) is 13.3 Å². The molecule has 0 unspecified atom stereocenters. The Kier molecular flexibility index (Phi) is 5.53. The van der Waals surface area contributed by atoms with Gasteiger partial charge in [0.1, 0.15) is 5.75 Å². The molecule has 0 aliphatic carbocycles. The highest BCUT2D eigenvalue weighted by molar-refractivity contribution is 5.95. The number of nitrogens with zero attached hydrogens (tertiary/aromatic N) is 4. The van der Waals surface area contributed by atoms with Crippen LogP contribution in [0.2, 0.25) is 0 Å². The van der Waals surface area contributed by atoms with Crippen molar-refractivity contribution < 1.29 is 18.7 Å². The average molecular weight is 429 g/mol. The summed E-state index contributed by atoms with van der Waals surface area (Å²) >= 11 is 0. The highest BCUT2D eigenvalue weighted by Gasteiger charge is 2.25. The highest BCUT2D eigenvalue weighted by Crippen LogP contribution is 2.34. The first-order valence-corrected chi connectivity index (χ1v) is 9.89. The van der Waals surface area contributed by atoms with E-state index < -0.39 is 18.2 Å². The molecule has 0 saturated heterocycles. The van der Waals surface area contributed by atoms with Crippen molar-refractivity contribution in [2.45, 2.75) is 38.8 Å². The molecule has 1 aliphatic heterocycles. The van der Waals surface area contributed by atoms with Crippen LogP contribution in [0.1, 0.15) is 44.5 Å². The Morgan fingerprint density at radius 3 is 2.77 bits per heavy atom. The number of halogens is 2. The molecule has 3 aromatic heterocycles. The van der Waals surface area contributed by atoms with Crippen LogP contribution in [0.4, 0.5) is 14.5 Å². The number of pyridine rings is 2. The van der Waals surface area contributed by atoms with E-state index in [2.05, 4.69) is 15.4 Å². The van der Waals surface area contributed by atoms with E-state index in [-0.39, 0.29) is 29.0 Å². The minimum atomic E-state index is -2.90. The number of hydrogen-bond donors (Lipinski definition) is 2. The van der Waals surface area contributed by atoms with Gasteiger partial charge in [0.25, 0.3) is 5.56 Å². The minimum Gasteiger partial charge on any atom is -0.508 e. The summed E-state index contributed by atoms with van der Waals surface area (Å²) in [6, 6.07) is 5.21. The van der Waals surface area contributed by atoms with Gasteiger partial charge < -0.3 is 15.0 Å². The summed E-state index contributed by atoms with van der Waals surface area (Å²) in [4.78, 5) is 29.5. The number of anilines is 1. The maximum Gasteiger partial charge on any atom is 0.333 e. The van der Waals surface area contributed by atoms with Crippen LogP contribution in [-0.4, -0.2) is 30.3 Å². The van der Waals surface area contributed by atoms with Gasteiger partial charge in [0.2, 0.25) is 5.91 Å². The largest absolute Gasteiger partial charge is 0.508 e. The molecule has 0 fully saturated rings. The smallest absolute Gasteiger partial charge is 0.333 e. The van der Waals surface area contributed by atoms with Crippen LogP contribution in [0.15, 0.2) is 47.7 Å². The Labute approximate surface area is 176 Å². The fourth-order valence-corrected chi connectivity index (χ4v) is 3.84. The first-order valence-electron chi connectivity index (χ1n) is 9.89. The molecule has 3 aromatic rings. The summed E-state index contributed by atoms with van der Waals surface area (Å²) in [5.74, 6) is -0.805. The lowest BCUT2D eigenvalue weighted by molar-refractivity contribution is -0.119. The predicted octanol–water partition coefficient (Wildman–Crippen LogP) is 3.56. The van der Waals surface area contributed by atoms with E-state index in [1.807, 2.05) is 0 Å². The zero-order valence-electron chi connectivity index (χ0n) is 16.7. The van der Waals surface area contributed by atoms with Crippen molar-refractivity contribution in [3.63, 3.8) is 0 Å². The van der Waals surface area contributed by atoms with Crippen LogP contribution in [0.5, 0.6) is 5.75 Å². The number of rotatable bonds is 2. The molecule has 0 saturated carbocycles. The molecule has 0 aromatic carbocycles. The van der Waals surface area contributed by atoms with Crippen LogP contribution in [0, 0.1) is 5.92 Å². The monoisotopic (exact) mass is 429 g/mol. The zero-order valence-corrected chi connectivity index (χ0v) is 16.7. The molecule has 2 bridgehead atoms. The van der Waals surface area contributed by atoms with Gasteiger partial charge in [-0.05, 0) is 31.0 Å². The number of carbonyl (C=O) groups excluding carboxylic acids is 1. The summed E-state index contributed by atoms with van der Waals surface area (Å²) in [6.45, 7) is -1.14. The maximum absolute atomic E-state index is 13.6. The Balaban J connectivity index is 1.90. The molecule has 1 amide bonds. The predicted molar refractivity (Wildman–Crippen MR) is 109 cm³/mol. The van der Waals surface area contributed by atoms with E-state index >= 15 is 0 Å². The van der Waals surface area contributed by atoms with Crippen LogP contribution < -0.4 is 10.9 Å². The second-order valence-corrected chi connectivity index (χ2v) is 7.57. The van der Waals surface area contributed by atoms with Gasteiger partial charge in [0.05, 0.1) is 29.3 Å². The zero-order chi connectivity index (χ0) is 22.1. The molecular weight excluding hydrogens is 408 g/mol. The van der Waals surface area contributed by atoms with E-state index in [1.54, 1.807) is 19.1 Å². The molecule has 0 spiro atoms. The van der Waals surface area contributed by atoms with Gasteiger partial charge in [-0.25, -0.2) is 4.68 Å². The topological polar surface area (TPSA) is 102 Å². The number of aromatic nitrogens is 4. The van der Waals surface area contributed by atoms with Gasteiger partial charge in [-0.3, -0.25) is 14.6 Å². The summed E-state index contributed by atoms with van der Waals surface area (Å²) in [7, 11) is 0. The Bertz CT molecular complexity index is 1170. The number of aromatic hydroxyl groups is 1. The summed E-state index contributed by atoms with van der Waals surface area (Å²) < 4.78 is 29.2. The van der Waals surface area contributed by atoms with Crippen LogP contribution >= 0.6 is 0 Å². The molecule has 10 heteroatoms. The average Bonchev–Trinajstić information content (AvgIpc) is 3.15. The van der Waals surface area contributed by atoms with Gasteiger partial charge in [0.15, 0.2) is 0 Å². The first-order chi connectivity index (χ1) is 14.8. The summed E-state index contributed by atoms with van der Waals surface area (Å²) in [5, 5.41) is 16.1. The van der Waals surface area contributed by atoms with Gasteiger partial charge >= 0.3 is 6.55 Å². The number of alkyl halides is 2. The number of amides is 1. The lowest BCUT2D eigenvalue weighted by Crippen LogP contribution is -2.26. The fraction of sp³-hybridized carbons (Fsp3) is 0.333. The Morgan fingerprint density at radius 2 is 2.03 bits per heavy atom. The van der Waals surface area contributed by atoms with Crippen LogP contribution in [0.3, 0.4) is 0 Å². The molecule has 2 atom stereocenters. The van der Waals surface area contributed by atoms with Crippen molar-refractivity contribution in [1.29, 1.82) is 0 Å². The number of nitrogens with one attached hydrogen (secondary N) is 1. The van der Waals surface area contributed by atoms with Crippen molar-refractivity contribution in [1.82, 2.24) is 19.3 Å². The van der Waals surface area contributed by atoms with Crippen LogP contribution in [-0.2, 0) is 4.79 Å². The van der Waals surface area contributed by atoms with Gasteiger partial charge in [-0.15, -0.1) is 0 Å². The molecule has 2 N–H and O–H groups in total. The maximum atomic E-state index is 13.6. The van der Waals surface area contributed by atoms with Crippen molar-refractivity contribution in [2.75, 3.05) is 5.32 Å². The minimum absolute atomic E-state index is 0.0663. The Hall–Kier alpha value is -3.56. The van der Waals surface area contributed by atoms with E-state index in [0.29, 0.717) is 35.2 Å². The summed E-state index contributed by atoms with van der Waals surface area (Å²) in [5.41, 5.74) is 0.749. The standard InChI is InChI=1S/C21H21F2N5O3/c1-12-3-2-4-17(27-8-6-14(29)10-18(27)30)15-9-13(5-7-24-15)19-16(26-20(12)31)11-25-28(19)21(22)23/h5-12,17,21,29H,2-4H2,1H3,(H,26,31)/t12-,17+/m1/s1. The van der Waals surface area contributed by atoms with Crippen molar-refractivity contribution in [2.24, 2.45) is 5.92 Å². The molecule has 8 nitrogen and oxygen atoms in total. The summed E-state index contributed by atoms with van der Waals surface area (Å²) in [6.07, 6.45) is 5.83. The first kappa shape index (κ1) is 20.7. The quantitative estimate of drug-likeness (QED) is 0.649. The van der Waals surface area contributed by atoms with E-state index in [0.717, 1.165) is 6.07 Å². The van der Waals surface area contributed by atoms with Crippen molar-refractivity contribution >= 4 is 11.6 Å². The molecule has 4 heterocycles. The third kappa shape index (κ3) is 4.05. The van der Waals surface area contributed by atoms with E-state index in [1.165, 1.54) is 29.2 Å². The lowest BCUT2D eigenvalue weighted by atomic mass is 9.97. The molecule has 31 heavy (non-hydrogen) atoms. The second-order valence-electron chi connectivity index (χ2n) is 7.57. The Morgan fingerprint density at radius 1 is 1.23 bits per heavy atom. The third-order valence-electron chi connectivity index (χ3n) is 5.46. The lowest BCUT2D eigenvalue weighted by Gasteiger charge is -2.22. The number of fused-ring (bicyclic) bond motifs is 4. The van der Waals surface area contributed by atoms with Crippen LogP contribution in [0.25, 0.3) is 11.3 Å². The molecule has 162 valence electrons. The normalized spacial score (nSPS) is 19.3.